The quantitative estimate of drug-likeness (QED) is 0.465. The van der Waals surface area contributed by atoms with Gasteiger partial charge in [0.1, 0.15) is 11.6 Å². The molecule has 1 aliphatic rings. The molecule has 1 heterocycles. The van der Waals surface area contributed by atoms with Gasteiger partial charge in [-0.05, 0) is 67.1 Å². The van der Waals surface area contributed by atoms with Crippen LogP contribution in [-0.4, -0.2) is 17.1 Å². The zero-order valence-corrected chi connectivity index (χ0v) is 17.5. The van der Waals surface area contributed by atoms with Crippen LogP contribution in [0.15, 0.2) is 60.8 Å². The molecule has 0 atom stereocenters. The fourth-order valence-electron chi connectivity index (χ4n) is 3.86. The number of hydrogen-bond donors (Lipinski definition) is 3. The highest BCUT2D eigenvalue weighted by Gasteiger charge is 2.19. The van der Waals surface area contributed by atoms with Crippen LogP contribution >= 0.6 is 11.6 Å². The molecular formula is C24H26ClFN4. The zero-order valence-electron chi connectivity index (χ0n) is 16.7. The van der Waals surface area contributed by atoms with Crippen molar-refractivity contribution in [1.29, 1.82) is 0 Å². The van der Waals surface area contributed by atoms with Gasteiger partial charge in [-0.1, -0.05) is 35.9 Å². The van der Waals surface area contributed by atoms with Crippen LogP contribution in [0, 0.1) is 5.82 Å². The topological polar surface area (TPSA) is 63.0 Å². The van der Waals surface area contributed by atoms with Gasteiger partial charge in [0, 0.05) is 36.1 Å². The van der Waals surface area contributed by atoms with Crippen molar-refractivity contribution in [2.75, 3.05) is 10.6 Å². The third-order valence-electron chi connectivity index (χ3n) is 5.54. The Balaban J connectivity index is 1.48. The lowest BCUT2D eigenvalue weighted by Crippen LogP contribution is -2.33. The fraction of sp³-hybridized carbons (Fsp3) is 0.292. The summed E-state index contributed by atoms with van der Waals surface area (Å²) in [5.74, 6) is 0.597. The molecule has 0 saturated heterocycles. The number of nitrogens with two attached hydrogens (primary N) is 1. The number of benzene rings is 2. The molecule has 0 aliphatic heterocycles. The molecule has 4 N–H and O–H groups in total. The Morgan fingerprint density at radius 1 is 1.03 bits per heavy atom. The Morgan fingerprint density at radius 3 is 2.63 bits per heavy atom. The first-order valence-electron chi connectivity index (χ1n) is 10.3. The maximum absolute atomic E-state index is 13.4. The molecule has 0 spiro atoms. The van der Waals surface area contributed by atoms with E-state index >= 15 is 0 Å². The van der Waals surface area contributed by atoms with E-state index in [1.807, 2.05) is 36.4 Å². The molecule has 30 heavy (non-hydrogen) atoms. The fourth-order valence-corrected chi connectivity index (χ4v) is 4.07. The highest BCUT2D eigenvalue weighted by Crippen LogP contribution is 2.32. The molecule has 3 aromatic rings. The van der Waals surface area contributed by atoms with Crippen LogP contribution in [0.25, 0.3) is 11.1 Å². The lowest BCUT2D eigenvalue weighted by Gasteiger charge is -2.27. The summed E-state index contributed by atoms with van der Waals surface area (Å²) in [6, 6.07) is 17.4. The van der Waals surface area contributed by atoms with Crippen LogP contribution in [0.4, 0.5) is 15.9 Å². The minimum Gasteiger partial charge on any atom is -0.381 e. The normalized spacial score (nSPS) is 18.8. The minimum atomic E-state index is -0.230. The summed E-state index contributed by atoms with van der Waals surface area (Å²) in [6.07, 6.45) is 5.88. The number of pyridine rings is 1. The van der Waals surface area contributed by atoms with Gasteiger partial charge in [-0.2, -0.15) is 0 Å². The summed E-state index contributed by atoms with van der Waals surface area (Å²) in [4.78, 5) is 4.46. The summed E-state index contributed by atoms with van der Waals surface area (Å²) in [7, 11) is 0. The van der Waals surface area contributed by atoms with Gasteiger partial charge in [-0.15, -0.1) is 0 Å². The summed E-state index contributed by atoms with van der Waals surface area (Å²) < 4.78 is 13.4. The van der Waals surface area contributed by atoms with Crippen molar-refractivity contribution in [1.82, 2.24) is 4.98 Å². The van der Waals surface area contributed by atoms with Gasteiger partial charge in [0.05, 0.1) is 5.02 Å². The standard InChI is InChI=1S/C24H26ClFN4/c25-23-15-29-24(30-20-9-7-19(27)8-10-20)13-22(23)17-4-2-6-21(12-17)28-14-16-3-1-5-18(26)11-16/h1-6,11-13,15,19-20,28H,7-10,14,27H2,(H,29,30)/t19-,20-. The van der Waals surface area contributed by atoms with Gasteiger partial charge >= 0.3 is 0 Å². The second-order valence-corrected chi connectivity index (χ2v) is 8.28. The second kappa shape index (κ2) is 9.45. The number of nitrogens with one attached hydrogen (secondary N) is 2. The Labute approximate surface area is 181 Å². The number of aromatic nitrogens is 1. The van der Waals surface area contributed by atoms with E-state index in [1.165, 1.54) is 12.1 Å². The monoisotopic (exact) mass is 424 g/mol. The lowest BCUT2D eigenvalue weighted by molar-refractivity contribution is 0.410. The van der Waals surface area contributed by atoms with Crippen molar-refractivity contribution >= 4 is 23.1 Å². The molecule has 1 saturated carbocycles. The predicted molar refractivity (Wildman–Crippen MR) is 122 cm³/mol. The van der Waals surface area contributed by atoms with Gasteiger partial charge < -0.3 is 16.4 Å². The molecule has 0 amide bonds. The van der Waals surface area contributed by atoms with Gasteiger partial charge in [0.2, 0.25) is 0 Å². The maximum Gasteiger partial charge on any atom is 0.126 e. The first-order valence-corrected chi connectivity index (χ1v) is 10.7. The van der Waals surface area contributed by atoms with Crippen LogP contribution in [0.5, 0.6) is 0 Å². The number of hydrogen-bond acceptors (Lipinski definition) is 4. The lowest BCUT2D eigenvalue weighted by atomic mass is 9.92. The largest absolute Gasteiger partial charge is 0.381 e. The first kappa shape index (κ1) is 20.6. The molecule has 0 bridgehead atoms. The Kier molecular flexibility index (Phi) is 6.50. The minimum absolute atomic E-state index is 0.230. The molecule has 156 valence electrons. The summed E-state index contributed by atoms with van der Waals surface area (Å²) in [6.45, 7) is 0.544. The number of rotatable bonds is 6. The SMILES string of the molecule is N[C@H]1CC[C@H](Nc2cc(-c3cccc(NCc4cccc(F)c4)c3)c(Cl)cn2)CC1. The summed E-state index contributed by atoms with van der Waals surface area (Å²) in [5, 5.41) is 7.48. The molecule has 4 rings (SSSR count). The Hall–Kier alpha value is -2.63. The molecule has 1 aliphatic carbocycles. The van der Waals surface area contributed by atoms with Crippen LogP contribution in [0.2, 0.25) is 5.02 Å². The Morgan fingerprint density at radius 2 is 1.83 bits per heavy atom. The van der Waals surface area contributed by atoms with Crippen LogP contribution in [0.3, 0.4) is 0 Å². The zero-order chi connectivity index (χ0) is 20.9. The average Bonchev–Trinajstić information content (AvgIpc) is 2.75. The highest BCUT2D eigenvalue weighted by atomic mass is 35.5. The molecule has 0 radical (unpaired) electrons. The Bertz CT molecular complexity index is 1000. The molecule has 0 unspecified atom stereocenters. The van der Waals surface area contributed by atoms with Crippen molar-refractivity contribution in [3.8, 4) is 11.1 Å². The number of nitrogens with zero attached hydrogens (tertiary/aromatic N) is 1. The van der Waals surface area contributed by atoms with E-state index < -0.39 is 0 Å². The molecule has 1 aromatic heterocycles. The number of anilines is 2. The average molecular weight is 425 g/mol. The third kappa shape index (κ3) is 5.29. The summed E-state index contributed by atoms with van der Waals surface area (Å²) >= 11 is 6.47. The summed E-state index contributed by atoms with van der Waals surface area (Å²) in [5.41, 5.74) is 9.77. The van der Waals surface area contributed by atoms with E-state index in [0.717, 1.165) is 53.9 Å². The van der Waals surface area contributed by atoms with E-state index in [9.17, 15) is 4.39 Å². The number of halogens is 2. The van der Waals surface area contributed by atoms with E-state index in [0.29, 0.717) is 23.7 Å². The van der Waals surface area contributed by atoms with Crippen molar-refractivity contribution in [3.05, 3.63) is 77.2 Å². The maximum atomic E-state index is 13.4. The van der Waals surface area contributed by atoms with Crippen molar-refractivity contribution in [2.45, 2.75) is 44.3 Å². The van der Waals surface area contributed by atoms with E-state index in [1.54, 1.807) is 12.3 Å². The van der Waals surface area contributed by atoms with Crippen LogP contribution in [0.1, 0.15) is 31.2 Å². The smallest absolute Gasteiger partial charge is 0.126 e. The third-order valence-corrected chi connectivity index (χ3v) is 5.84. The molecular weight excluding hydrogens is 399 g/mol. The van der Waals surface area contributed by atoms with Crippen molar-refractivity contribution in [2.24, 2.45) is 5.73 Å². The highest BCUT2D eigenvalue weighted by molar-refractivity contribution is 6.33. The molecule has 2 aromatic carbocycles. The van der Waals surface area contributed by atoms with Gasteiger partial charge in [0.15, 0.2) is 0 Å². The van der Waals surface area contributed by atoms with Crippen molar-refractivity contribution in [3.63, 3.8) is 0 Å². The second-order valence-electron chi connectivity index (χ2n) is 7.87. The van der Waals surface area contributed by atoms with Crippen LogP contribution in [-0.2, 0) is 6.54 Å². The van der Waals surface area contributed by atoms with E-state index in [2.05, 4.69) is 15.6 Å². The first-order chi connectivity index (χ1) is 14.6. The van der Waals surface area contributed by atoms with Gasteiger partial charge in [0.25, 0.3) is 0 Å². The van der Waals surface area contributed by atoms with Gasteiger partial charge in [-0.3, -0.25) is 0 Å². The predicted octanol–water partition coefficient (Wildman–Crippen LogP) is 5.84. The van der Waals surface area contributed by atoms with E-state index in [-0.39, 0.29) is 5.82 Å². The van der Waals surface area contributed by atoms with Gasteiger partial charge in [-0.25, -0.2) is 9.37 Å². The van der Waals surface area contributed by atoms with Crippen molar-refractivity contribution < 1.29 is 4.39 Å². The van der Waals surface area contributed by atoms with E-state index in [4.69, 9.17) is 17.3 Å². The molecule has 4 nitrogen and oxygen atoms in total. The van der Waals surface area contributed by atoms with Crippen LogP contribution < -0.4 is 16.4 Å². The molecule has 6 heteroatoms. The molecule has 1 fully saturated rings.